The van der Waals surface area contributed by atoms with Crippen LogP contribution in [-0.4, -0.2) is 45.3 Å². The van der Waals surface area contributed by atoms with Gasteiger partial charge in [-0.1, -0.05) is 12.1 Å². The molecule has 2 aromatic rings. The fourth-order valence-electron chi connectivity index (χ4n) is 3.22. The summed E-state index contributed by atoms with van der Waals surface area (Å²) < 4.78 is 15.1. The number of hydrogen-bond acceptors (Lipinski definition) is 3. The number of rotatable bonds is 4. The van der Waals surface area contributed by atoms with Crippen LogP contribution < -0.4 is 5.32 Å². The quantitative estimate of drug-likeness (QED) is 0.890. The lowest BCUT2D eigenvalue weighted by Crippen LogP contribution is -2.47. The van der Waals surface area contributed by atoms with Crippen LogP contribution in [0.1, 0.15) is 30.3 Å². The number of piperidine rings is 1. The molecule has 2 amide bonds. The highest BCUT2D eigenvalue weighted by atomic mass is 19.1. The van der Waals surface area contributed by atoms with E-state index in [1.807, 2.05) is 11.6 Å². The Labute approximate surface area is 146 Å². The molecule has 1 aromatic heterocycles. The van der Waals surface area contributed by atoms with Gasteiger partial charge in [-0.3, -0.25) is 0 Å². The molecule has 1 fully saturated rings. The van der Waals surface area contributed by atoms with Crippen molar-refractivity contribution >= 4 is 6.03 Å². The molecule has 25 heavy (non-hydrogen) atoms. The van der Waals surface area contributed by atoms with Gasteiger partial charge in [-0.05, 0) is 36.5 Å². The Morgan fingerprint density at radius 2 is 2.20 bits per heavy atom. The van der Waals surface area contributed by atoms with Crippen molar-refractivity contribution < 1.29 is 14.3 Å². The van der Waals surface area contributed by atoms with E-state index < -0.39 is 6.04 Å². The van der Waals surface area contributed by atoms with Crippen molar-refractivity contribution in [1.82, 2.24) is 19.8 Å². The molecular formula is C18H23FN4O2. The van der Waals surface area contributed by atoms with Gasteiger partial charge in [0.05, 0.1) is 0 Å². The van der Waals surface area contributed by atoms with Gasteiger partial charge in [0.2, 0.25) is 0 Å². The molecule has 7 heteroatoms. The highest BCUT2D eigenvalue weighted by Crippen LogP contribution is 2.22. The van der Waals surface area contributed by atoms with E-state index in [-0.39, 0.29) is 24.4 Å². The number of aromatic nitrogens is 2. The predicted molar refractivity (Wildman–Crippen MR) is 91.4 cm³/mol. The largest absolute Gasteiger partial charge is 0.396 e. The number of nitrogens with zero attached hydrogens (tertiary/aromatic N) is 3. The number of aliphatic hydroxyl groups is 1. The lowest BCUT2D eigenvalue weighted by Gasteiger charge is -2.33. The van der Waals surface area contributed by atoms with Crippen LogP contribution >= 0.6 is 0 Å². The van der Waals surface area contributed by atoms with Gasteiger partial charge in [-0.25, -0.2) is 14.2 Å². The summed E-state index contributed by atoms with van der Waals surface area (Å²) in [7, 11) is 1.85. The van der Waals surface area contributed by atoms with Crippen LogP contribution in [0.5, 0.6) is 0 Å². The topological polar surface area (TPSA) is 70.4 Å². The van der Waals surface area contributed by atoms with Crippen molar-refractivity contribution in [3.8, 4) is 0 Å². The van der Waals surface area contributed by atoms with Crippen molar-refractivity contribution in [1.29, 1.82) is 0 Å². The first kappa shape index (κ1) is 17.4. The molecule has 3 rings (SSSR count). The molecule has 2 unspecified atom stereocenters. The van der Waals surface area contributed by atoms with Crippen molar-refractivity contribution in [2.45, 2.75) is 18.9 Å². The van der Waals surface area contributed by atoms with E-state index in [0.29, 0.717) is 18.9 Å². The predicted octanol–water partition coefficient (Wildman–Crippen LogP) is 2.06. The fourth-order valence-corrected chi connectivity index (χ4v) is 3.22. The van der Waals surface area contributed by atoms with E-state index in [9.17, 15) is 14.3 Å². The zero-order valence-electron chi connectivity index (χ0n) is 14.2. The average molecular weight is 346 g/mol. The fraction of sp³-hybridized carbons (Fsp3) is 0.444. The molecule has 0 spiro atoms. The molecule has 1 aliphatic rings. The molecule has 6 nitrogen and oxygen atoms in total. The number of carbonyl (C=O) groups excluding carboxylic acids is 1. The van der Waals surface area contributed by atoms with Gasteiger partial charge in [0.25, 0.3) is 0 Å². The Bertz CT molecular complexity index is 716. The van der Waals surface area contributed by atoms with Gasteiger partial charge in [0.1, 0.15) is 17.7 Å². The van der Waals surface area contributed by atoms with Gasteiger partial charge in [0.15, 0.2) is 0 Å². The first-order valence-electron chi connectivity index (χ1n) is 8.47. The van der Waals surface area contributed by atoms with Crippen LogP contribution in [0.15, 0.2) is 36.7 Å². The normalized spacial score (nSPS) is 18.8. The van der Waals surface area contributed by atoms with Crippen LogP contribution in [0.4, 0.5) is 9.18 Å². The van der Waals surface area contributed by atoms with Crippen molar-refractivity contribution in [3.05, 3.63) is 53.9 Å². The maximum Gasteiger partial charge on any atom is 0.318 e. The van der Waals surface area contributed by atoms with E-state index in [4.69, 9.17) is 0 Å². The Kier molecular flexibility index (Phi) is 5.33. The highest BCUT2D eigenvalue weighted by Gasteiger charge is 2.27. The third kappa shape index (κ3) is 3.99. The number of halogens is 1. The number of nitrogens with one attached hydrogen (secondary N) is 1. The van der Waals surface area contributed by atoms with Gasteiger partial charge in [-0.2, -0.15) is 0 Å². The lowest BCUT2D eigenvalue weighted by molar-refractivity contribution is 0.128. The second kappa shape index (κ2) is 7.65. The summed E-state index contributed by atoms with van der Waals surface area (Å²) in [6.45, 7) is 1.29. The van der Waals surface area contributed by atoms with E-state index in [1.165, 1.54) is 12.1 Å². The maximum atomic E-state index is 13.3. The number of benzene rings is 1. The van der Waals surface area contributed by atoms with Gasteiger partial charge < -0.3 is 19.9 Å². The van der Waals surface area contributed by atoms with E-state index in [1.54, 1.807) is 29.4 Å². The molecule has 0 radical (unpaired) electrons. The number of carbonyl (C=O) groups is 1. The van der Waals surface area contributed by atoms with Gasteiger partial charge >= 0.3 is 6.03 Å². The molecule has 1 saturated heterocycles. The number of imidazole rings is 1. The Morgan fingerprint density at radius 1 is 1.44 bits per heavy atom. The smallest absolute Gasteiger partial charge is 0.318 e. The number of amides is 2. The summed E-state index contributed by atoms with van der Waals surface area (Å²) in [6, 6.07) is 5.39. The van der Waals surface area contributed by atoms with Crippen LogP contribution in [0.25, 0.3) is 0 Å². The summed E-state index contributed by atoms with van der Waals surface area (Å²) in [5, 5.41) is 12.4. The third-order valence-corrected chi connectivity index (χ3v) is 4.65. The minimum atomic E-state index is -0.470. The number of aryl methyl sites for hydroxylation is 1. The van der Waals surface area contributed by atoms with E-state index in [2.05, 4.69) is 10.3 Å². The molecule has 134 valence electrons. The van der Waals surface area contributed by atoms with Crippen molar-refractivity contribution in [2.24, 2.45) is 13.0 Å². The third-order valence-electron chi connectivity index (χ3n) is 4.65. The summed E-state index contributed by atoms with van der Waals surface area (Å²) >= 11 is 0. The number of hydrogen-bond donors (Lipinski definition) is 2. The second-order valence-corrected chi connectivity index (χ2v) is 6.47. The summed E-state index contributed by atoms with van der Waals surface area (Å²) in [5.41, 5.74) is 0.764. The molecule has 2 N–H and O–H groups in total. The Balaban J connectivity index is 1.81. The molecular weight excluding hydrogens is 323 g/mol. The second-order valence-electron chi connectivity index (χ2n) is 6.47. The minimum Gasteiger partial charge on any atom is -0.396 e. The number of aliphatic hydroxyl groups excluding tert-OH is 1. The van der Waals surface area contributed by atoms with Crippen LogP contribution in [0.2, 0.25) is 0 Å². The van der Waals surface area contributed by atoms with Crippen LogP contribution in [-0.2, 0) is 7.05 Å². The molecule has 1 aromatic carbocycles. The van der Waals surface area contributed by atoms with Crippen LogP contribution in [0, 0.1) is 11.7 Å². The average Bonchev–Trinajstić information content (AvgIpc) is 3.06. The summed E-state index contributed by atoms with van der Waals surface area (Å²) in [6.07, 6.45) is 5.28. The molecule has 0 saturated carbocycles. The van der Waals surface area contributed by atoms with Gasteiger partial charge in [0, 0.05) is 39.1 Å². The molecule has 0 bridgehead atoms. The first-order valence-corrected chi connectivity index (χ1v) is 8.47. The zero-order chi connectivity index (χ0) is 17.8. The van der Waals surface area contributed by atoms with E-state index >= 15 is 0 Å². The van der Waals surface area contributed by atoms with Crippen molar-refractivity contribution in [2.75, 3.05) is 19.7 Å². The zero-order valence-corrected chi connectivity index (χ0v) is 14.2. The summed E-state index contributed by atoms with van der Waals surface area (Å²) in [4.78, 5) is 18.8. The minimum absolute atomic E-state index is 0.0878. The number of urea groups is 1. The molecule has 2 heterocycles. The SMILES string of the molecule is Cn1ccnc1C(NC(=O)N1CCCC(CO)C1)c1ccc(F)cc1. The molecule has 0 aliphatic carbocycles. The number of likely N-dealkylation sites (tertiary alicyclic amines) is 1. The van der Waals surface area contributed by atoms with Crippen molar-refractivity contribution in [3.63, 3.8) is 0 Å². The summed E-state index contributed by atoms with van der Waals surface area (Å²) in [5.74, 6) is 0.475. The monoisotopic (exact) mass is 346 g/mol. The lowest BCUT2D eigenvalue weighted by atomic mass is 9.99. The maximum absolute atomic E-state index is 13.3. The standard InChI is InChI=1S/C18H23FN4O2/c1-22-10-8-20-17(22)16(14-4-6-15(19)7-5-14)21-18(25)23-9-2-3-13(11-23)12-24/h4-8,10,13,16,24H,2-3,9,11-12H2,1H3,(H,21,25). The van der Waals surface area contributed by atoms with E-state index in [0.717, 1.165) is 18.4 Å². The Morgan fingerprint density at radius 3 is 2.84 bits per heavy atom. The van der Waals surface area contributed by atoms with Crippen LogP contribution in [0.3, 0.4) is 0 Å². The Hall–Kier alpha value is -2.41. The molecule has 2 atom stereocenters. The first-order chi connectivity index (χ1) is 12.1. The highest BCUT2D eigenvalue weighted by molar-refractivity contribution is 5.75. The molecule has 1 aliphatic heterocycles. The van der Waals surface area contributed by atoms with Gasteiger partial charge in [-0.15, -0.1) is 0 Å².